The zero-order chi connectivity index (χ0) is 16.5. The second-order valence-corrected chi connectivity index (χ2v) is 5.29. The van der Waals surface area contributed by atoms with Gasteiger partial charge in [-0.1, -0.05) is 11.6 Å². The van der Waals surface area contributed by atoms with Gasteiger partial charge in [0.1, 0.15) is 11.3 Å². The van der Waals surface area contributed by atoms with Crippen LogP contribution in [0.5, 0.6) is 5.75 Å². The first-order valence-electron chi connectivity index (χ1n) is 6.94. The Morgan fingerprint density at radius 2 is 2.09 bits per heavy atom. The molecule has 0 unspecified atom stereocenters. The van der Waals surface area contributed by atoms with Crippen molar-refractivity contribution in [3.63, 3.8) is 0 Å². The van der Waals surface area contributed by atoms with Crippen molar-refractivity contribution in [2.75, 3.05) is 19.8 Å². The van der Waals surface area contributed by atoms with E-state index in [2.05, 4.69) is 5.32 Å². The molecule has 0 aliphatic heterocycles. The van der Waals surface area contributed by atoms with Crippen LogP contribution in [-0.4, -0.2) is 42.8 Å². The Bertz CT molecular complexity index is 519. The first-order valence-corrected chi connectivity index (χ1v) is 7.32. The Morgan fingerprint density at radius 3 is 2.73 bits per heavy atom. The molecule has 7 heteroatoms. The largest absolute Gasteiger partial charge is 0.483 e. The average Bonchev–Trinajstić information content (AvgIpc) is 2.44. The standard InChI is InChI=1S/C15H20ClNO5/c1-10(2)21-7-3-6-17-14(18)9-22-13-8-11(16)4-5-12(13)15(19)20/h4-5,8,10H,3,6-7,9H2,1-2H3,(H,17,18)(H,19,20). The molecule has 122 valence electrons. The lowest BCUT2D eigenvalue weighted by Gasteiger charge is -2.10. The van der Waals surface area contributed by atoms with Crippen LogP contribution < -0.4 is 10.1 Å². The third-order valence-electron chi connectivity index (χ3n) is 2.63. The summed E-state index contributed by atoms with van der Waals surface area (Å²) in [5, 5.41) is 12.0. The fourth-order valence-electron chi connectivity index (χ4n) is 1.61. The number of benzene rings is 1. The van der Waals surface area contributed by atoms with Gasteiger partial charge in [-0.15, -0.1) is 0 Å². The fraction of sp³-hybridized carbons (Fsp3) is 0.467. The quantitative estimate of drug-likeness (QED) is 0.679. The third kappa shape index (κ3) is 6.78. The summed E-state index contributed by atoms with van der Waals surface area (Å²) in [6.45, 7) is 4.65. The van der Waals surface area contributed by atoms with E-state index in [1.807, 2.05) is 13.8 Å². The van der Waals surface area contributed by atoms with Gasteiger partial charge in [0.2, 0.25) is 0 Å². The summed E-state index contributed by atoms with van der Waals surface area (Å²) < 4.78 is 10.6. The number of halogens is 1. The predicted molar refractivity (Wildman–Crippen MR) is 82.6 cm³/mol. The molecule has 6 nitrogen and oxygen atoms in total. The highest BCUT2D eigenvalue weighted by Gasteiger charge is 2.13. The molecule has 0 radical (unpaired) electrons. The summed E-state index contributed by atoms with van der Waals surface area (Å²) in [4.78, 5) is 22.7. The molecule has 1 aromatic rings. The number of hydrogen-bond acceptors (Lipinski definition) is 4. The molecule has 0 saturated carbocycles. The molecule has 0 heterocycles. The van der Waals surface area contributed by atoms with E-state index in [4.69, 9.17) is 26.2 Å². The van der Waals surface area contributed by atoms with Crippen molar-refractivity contribution in [2.45, 2.75) is 26.4 Å². The van der Waals surface area contributed by atoms with E-state index in [1.165, 1.54) is 18.2 Å². The van der Waals surface area contributed by atoms with Crippen LogP contribution in [0.2, 0.25) is 5.02 Å². The van der Waals surface area contributed by atoms with E-state index in [0.717, 1.165) is 0 Å². The van der Waals surface area contributed by atoms with Crippen LogP contribution in [0.3, 0.4) is 0 Å². The van der Waals surface area contributed by atoms with Gasteiger partial charge in [-0.2, -0.15) is 0 Å². The molecule has 1 aromatic carbocycles. The number of carbonyl (C=O) groups excluding carboxylic acids is 1. The second kappa shape index (κ2) is 9.27. The molecule has 0 spiro atoms. The molecule has 0 aliphatic rings. The molecule has 0 aliphatic carbocycles. The van der Waals surface area contributed by atoms with Crippen molar-refractivity contribution in [2.24, 2.45) is 0 Å². The van der Waals surface area contributed by atoms with Crippen molar-refractivity contribution in [3.8, 4) is 5.75 Å². The Hall–Kier alpha value is -1.79. The fourth-order valence-corrected chi connectivity index (χ4v) is 1.77. The Balaban J connectivity index is 2.38. The molecule has 22 heavy (non-hydrogen) atoms. The Kier molecular flexibility index (Phi) is 7.70. The molecule has 0 atom stereocenters. The molecule has 2 N–H and O–H groups in total. The number of carboxylic acids is 1. The van der Waals surface area contributed by atoms with Gasteiger partial charge >= 0.3 is 5.97 Å². The van der Waals surface area contributed by atoms with Crippen LogP contribution in [0, 0.1) is 0 Å². The summed E-state index contributed by atoms with van der Waals surface area (Å²) in [5.74, 6) is -1.41. The van der Waals surface area contributed by atoms with Crippen LogP contribution in [-0.2, 0) is 9.53 Å². The maximum Gasteiger partial charge on any atom is 0.339 e. The topological polar surface area (TPSA) is 84.9 Å². The lowest BCUT2D eigenvalue weighted by Crippen LogP contribution is -2.30. The summed E-state index contributed by atoms with van der Waals surface area (Å²) in [6.07, 6.45) is 0.859. The lowest BCUT2D eigenvalue weighted by molar-refractivity contribution is -0.123. The minimum Gasteiger partial charge on any atom is -0.483 e. The summed E-state index contributed by atoms with van der Waals surface area (Å²) in [6, 6.07) is 4.16. The molecule has 0 fully saturated rings. The van der Waals surface area contributed by atoms with Gasteiger partial charge in [0, 0.05) is 18.2 Å². The highest BCUT2D eigenvalue weighted by atomic mass is 35.5. The van der Waals surface area contributed by atoms with E-state index < -0.39 is 5.97 Å². The first-order chi connectivity index (χ1) is 10.4. The van der Waals surface area contributed by atoms with Gasteiger partial charge in [-0.3, -0.25) is 4.79 Å². The van der Waals surface area contributed by atoms with Gasteiger partial charge in [-0.05, 0) is 38.5 Å². The SMILES string of the molecule is CC(C)OCCCNC(=O)COc1cc(Cl)ccc1C(=O)O. The number of rotatable bonds is 9. The van der Waals surface area contributed by atoms with Gasteiger partial charge in [-0.25, -0.2) is 4.79 Å². The third-order valence-corrected chi connectivity index (χ3v) is 2.86. The maximum atomic E-state index is 11.6. The Labute approximate surface area is 134 Å². The molecule has 1 rings (SSSR count). The second-order valence-electron chi connectivity index (χ2n) is 4.86. The smallest absolute Gasteiger partial charge is 0.339 e. The Morgan fingerprint density at radius 1 is 1.36 bits per heavy atom. The van der Waals surface area contributed by atoms with Gasteiger partial charge in [0.15, 0.2) is 6.61 Å². The van der Waals surface area contributed by atoms with E-state index in [-0.39, 0.29) is 29.9 Å². The van der Waals surface area contributed by atoms with Gasteiger partial charge < -0.3 is 19.9 Å². The number of carbonyl (C=O) groups is 2. The molecular weight excluding hydrogens is 310 g/mol. The predicted octanol–water partition coefficient (Wildman–Crippen LogP) is 2.35. The van der Waals surface area contributed by atoms with Crippen molar-refractivity contribution in [1.29, 1.82) is 0 Å². The first kappa shape index (κ1) is 18.3. The number of ether oxygens (including phenoxy) is 2. The van der Waals surface area contributed by atoms with Gasteiger partial charge in [0.25, 0.3) is 5.91 Å². The zero-order valence-corrected chi connectivity index (χ0v) is 13.4. The van der Waals surface area contributed by atoms with E-state index in [9.17, 15) is 9.59 Å². The monoisotopic (exact) mass is 329 g/mol. The lowest BCUT2D eigenvalue weighted by atomic mass is 10.2. The minimum absolute atomic E-state index is 0.0393. The maximum absolute atomic E-state index is 11.6. The number of aromatic carboxylic acids is 1. The van der Waals surface area contributed by atoms with Crippen LogP contribution >= 0.6 is 11.6 Å². The number of nitrogens with one attached hydrogen (secondary N) is 1. The van der Waals surface area contributed by atoms with Crippen LogP contribution in [0.25, 0.3) is 0 Å². The molecule has 1 amide bonds. The van der Waals surface area contributed by atoms with Crippen LogP contribution in [0.1, 0.15) is 30.6 Å². The molecule has 0 saturated heterocycles. The minimum atomic E-state index is -1.14. The highest BCUT2D eigenvalue weighted by Crippen LogP contribution is 2.23. The van der Waals surface area contributed by atoms with E-state index >= 15 is 0 Å². The van der Waals surface area contributed by atoms with E-state index in [0.29, 0.717) is 24.6 Å². The van der Waals surface area contributed by atoms with E-state index in [1.54, 1.807) is 0 Å². The highest BCUT2D eigenvalue weighted by molar-refractivity contribution is 6.30. The molecular formula is C15H20ClNO5. The van der Waals surface area contributed by atoms with Gasteiger partial charge in [0.05, 0.1) is 6.10 Å². The normalized spacial score (nSPS) is 10.5. The number of carboxylic acid groups (broad SMARTS) is 1. The zero-order valence-electron chi connectivity index (χ0n) is 12.6. The van der Waals surface area contributed by atoms with Crippen LogP contribution in [0.15, 0.2) is 18.2 Å². The van der Waals surface area contributed by atoms with Crippen molar-refractivity contribution < 1.29 is 24.2 Å². The summed E-state index contributed by atoms with van der Waals surface area (Å²) in [7, 11) is 0. The average molecular weight is 330 g/mol. The molecule has 0 bridgehead atoms. The number of hydrogen-bond donors (Lipinski definition) is 2. The van der Waals surface area contributed by atoms with Crippen molar-refractivity contribution >= 4 is 23.5 Å². The van der Waals surface area contributed by atoms with Crippen molar-refractivity contribution in [1.82, 2.24) is 5.32 Å². The van der Waals surface area contributed by atoms with Crippen LogP contribution in [0.4, 0.5) is 0 Å². The summed E-state index contributed by atoms with van der Waals surface area (Å²) >= 11 is 5.79. The summed E-state index contributed by atoms with van der Waals surface area (Å²) in [5.41, 5.74) is -0.0393. The van der Waals surface area contributed by atoms with Crippen molar-refractivity contribution in [3.05, 3.63) is 28.8 Å². The molecule has 0 aromatic heterocycles. The number of amides is 1.